The highest BCUT2D eigenvalue weighted by Crippen LogP contribution is 2.22. The monoisotopic (exact) mass is 269 g/mol. The van der Waals surface area contributed by atoms with E-state index in [0.29, 0.717) is 12.0 Å². The number of hydrogen-bond acceptors (Lipinski definition) is 3. The smallest absolute Gasteiger partial charge is 0.320 e. The van der Waals surface area contributed by atoms with Crippen LogP contribution < -0.4 is 5.32 Å². The molecule has 0 amide bonds. The maximum atomic E-state index is 13.7. The molecule has 0 aliphatic rings. The van der Waals surface area contributed by atoms with Gasteiger partial charge in [-0.2, -0.15) is 0 Å². The van der Waals surface area contributed by atoms with E-state index in [1.54, 1.807) is 6.92 Å². The highest BCUT2D eigenvalue weighted by molar-refractivity contribution is 5.73. The number of aliphatic carboxylic acids is 1. The van der Waals surface area contributed by atoms with Gasteiger partial charge in [-0.15, -0.1) is 0 Å². The van der Waals surface area contributed by atoms with E-state index in [1.165, 1.54) is 12.1 Å². The molecule has 0 saturated carbocycles. The van der Waals surface area contributed by atoms with Gasteiger partial charge in [0.25, 0.3) is 0 Å². The van der Waals surface area contributed by atoms with Crippen molar-refractivity contribution in [1.29, 1.82) is 0 Å². The molecule has 0 heterocycles. The lowest BCUT2D eigenvalue weighted by molar-refractivity contribution is -0.140. The van der Waals surface area contributed by atoms with E-state index in [0.717, 1.165) is 6.07 Å². The molecule has 2 unspecified atom stereocenters. The molecule has 0 radical (unpaired) electrons. The number of hydrogen-bond donors (Lipinski definition) is 3. The quantitative estimate of drug-likeness (QED) is 0.742. The second kappa shape index (κ2) is 6.52. The predicted molar refractivity (Wildman–Crippen MR) is 70.5 cm³/mol. The first-order valence-corrected chi connectivity index (χ1v) is 6.28. The number of carboxylic acids is 1. The molecular weight excluding hydrogens is 249 g/mol. The topological polar surface area (TPSA) is 69.6 Å². The summed E-state index contributed by atoms with van der Waals surface area (Å²) < 4.78 is 13.7. The Morgan fingerprint density at radius 1 is 1.37 bits per heavy atom. The third-order valence-corrected chi connectivity index (χ3v) is 2.91. The van der Waals surface area contributed by atoms with Gasteiger partial charge < -0.3 is 10.2 Å². The lowest BCUT2D eigenvalue weighted by Crippen LogP contribution is -2.39. The Kier molecular flexibility index (Phi) is 5.30. The Morgan fingerprint density at radius 2 is 2.00 bits per heavy atom. The second-order valence-electron chi connectivity index (χ2n) is 5.11. The lowest BCUT2D eigenvalue weighted by atomic mass is 10.0. The Labute approximate surface area is 112 Å². The fraction of sp³-hybridized carbons (Fsp3) is 0.500. The van der Waals surface area contributed by atoms with Crippen LogP contribution in [0, 0.1) is 11.7 Å². The molecule has 0 fully saturated rings. The largest absolute Gasteiger partial charge is 0.508 e. The highest BCUT2D eigenvalue weighted by Gasteiger charge is 2.22. The van der Waals surface area contributed by atoms with Gasteiger partial charge in [-0.05, 0) is 25.3 Å². The van der Waals surface area contributed by atoms with Crippen LogP contribution in [0.5, 0.6) is 5.75 Å². The van der Waals surface area contributed by atoms with Crippen LogP contribution in [0.1, 0.15) is 38.8 Å². The van der Waals surface area contributed by atoms with E-state index in [-0.39, 0.29) is 11.7 Å². The third kappa shape index (κ3) is 4.52. The van der Waals surface area contributed by atoms with Gasteiger partial charge in [-0.1, -0.05) is 19.9 Å². The lowest BCUT2D eigenvalue weighted by Gasteiger charge is -2.22. The van der Waals surface area contributed by atoms with Gasteiger partial charge in [-0.25, -0.2) is 4.39 Å². The summed E-state index contributed by atoms with van der Waals surface area (Å²) >= 11 is 0. The van der Waals surface area contributed by atoms with Gasteiger partial charge in [0.2, 0.25) is 0 Å². The van der Waals surface area contributed by atoms with Gasteiger partial charge in [0.05, 0.1) is 0 Å². The van der Waals surface area contributed by atoms with Crippen molar-refractivity contribution < 1.29 is 19.4 Å². The van der Waals surface area contributed by atoms with Crippen LogP contribution in [0.3, 0.4) is 0 Å². The Hall–Kier alpha value is -1.62. The number of nitrogens with one attached hydrogen (secondary N) is 1. The summed E-state index contributed by atoms with van der Waals surface area (Å²) in [6.07, 6.45) is 0.472. The standard InChI is InChI=1S/C14H20FNO3/c1-8(2)6-13(14(18)19)16-9(3)11-5-4-10(17)7-12(11)15/h4-5,7-9,13,16-17H,6H2,1-3H3,(H,18,19). The molecule has 1 aromatic rings. The first-order chi connectivity index (χ1) is 8.81. The SMILES string of the molecule is CC(C)CC(NC(C)c1ccc(O)cc1F)C(=O)O. The van der Waals surface area contributed by atoms with E-state index < -0.39 is 23.9 Å². The van der Waals surface area contributed by atoms with Crippen LogP contribution in [0.2, 0.25) is 0 Å². The van der Waals surface area contributed by atoms with E-state index >= 15 is 0 Å². The number of carbonyl (C=O) groups is 1. The summed E-state index contributed by atoms with van der Waals surface area (Å²) in [5.74, 6) is -1.41. The molecule has 0 aliphatic heterocycles. The minimum absolute atomic E-state index is 0.148. The molecule has 0 bridgehead atoms. The number of aromatic hydroxyl groups is 1. The van der Waals surface area contributed by atoms with Gasteiger partial charge in [0, 0.05) is 17.7 Å². The Morgan fingerprint density at radius 3 is 2.47 bits per heavy atom. The van der Waals surface area contributed by atoms with Crippen LogP contribution in [-0.4, -0.2) is 22.2 Å². The molecule has 1 rings (SSSR count). The fourth-order valence-electron chi connectivity index (χ4n) is 1.97. The molecule has 0 saturated heterocycles. The summed E-state index contributed by atoms with van der Waals surface area (Å²) in [6.45, 7) is 5.57. The first kappa shape index (κ1) is 15.4. The van der Waals surface area contributed by atoms with Crippen molar-refractivity contribution in [3.05, 3.63) is 29.6 Å². The molecule has 3 N–H and O–H groups in total. The van der Waals surface area contributed by atoms with Crippen molar-refractivity contribution in [2.24, 2.45) is 5.92 Å². The molecule has 5 heteroatoms. The van der Waals surface area contributed by atoms with Crippen LogP contribution in [0.4, 0.5) is 4.39 Å². The fourth-order valence-corrected chi connectivity index (χ4v) is 1.97. The maximum Gasteiger partial charge on any atom is 0.320 e. The zero-order chi connectivity index (χ0) is 14.6. The summed E-state index contributed by atoms with van der Waals surface area (Å²) in [5, 5.41) is 21.2. The molecule has 0 aromatic heterocycles. The number of phenols is 1. The molecule has 19 heavy (non-hydrogen) atoms. The van der Waals surface area contributed by atoms with Crippen molar-refractivity contribution >= 4 is 5.97 Å². The van der Waals surface area contributed by atoms with Crippen molar-refractivity contribution in [2.75, 3.05) is 0 Å². The van der Waals surface area contributed by atoms with Gasteiger partial charge in [0.15, 0.2) is 0 Å². The zero-order valence-corrected chi connectivity index (χ0v) is 11.4. The van der Waals surface area contributed by atoms with Crippen LogP contribution in [-0.2, 0) is 4.79 Å². The third-order valence-electron chi connectivity index (χ3n) is 2.91. The van der Waals surface area contributed by atoms with E-state index in [1.807, 2.05) is 13.8 Å². The summed E-state index contributed by atoms with van der Waals surface area (Å²) in [5.41, 5.74) is 0.341. The molecule has 1 aromatic carbocycles. The van der Waals surface area contributed by atoms with E-state index in [9.17, 15) is 9.18 Å². The van der Waals surface area contributed by atoms with Gasteiger partial charge in [0.1, 0.15) is 17.6 Å². The van der Waals surface area contributed by atoms with Crippen molar-refractivity contribution in [3.63, 3.8) is 0 Å². The summed E-state index contributed by atoms with van der Waals surface area (Å²) in [6, 6.07) is 2.70. The number of phenolic OH excluding ortho intramolecular Hbond substituents is 1. The van der Waals surface area contributed by atoms with Crippen molar-refractivity contribution in [3.8, 4) is 5.75 Å². The second-order valence-corrected chi connectivity index (χ2v) is 5.11. The average Bonchev–Trinajstić information content (AvgIpc) is 2.26. The van der Waals surface area contributed by atoms with Crippen LogP contribution >= 0.6 is 0 Å². The molecule has 106 valence electrons. The Bertz CT molecular complexity index is 448. The minimum Gasteiger partial charge on any atom is -0.508 e. The molecule has 0 aliphatic carbocycles. The summed E-state index contributed by atoms with van der Waals surface area (Å²) in [4.78, 5) is 11.1. The number of halogens is 1. The number of rotatable bonds is 6. The van der Waals surface area contributed by atoms with Gasteiger partial charge in [-0.3, -0.25) is 10.1 Å². The molecule has 4 nitrogen and oxygen atoms in total. The Balaban J connectivity index is 2.81. The molecule has 2 atom stereocenters. The van der Waals surface area contributed by atoms with Crippen molar-refractivity contribution in [2.45, 2.75) is 39.3 Å². The normalized spacial score (nSPS) is 14.4. The van der Waals surface area contributed by atoms with Crippen molar-refractivity contribution in [1.82, 2.24) is 5.32 Å². The molecule has 0 spiro atoms. The minimum atomic E-state index is -0.945. The summed E-state index contributed by atoms with van der Waals surface area (Å²) in [7, 11) is 0. The van der Waals surface area contributed by atoms with E-state index in [2.05, 4.69) is 5.32 Å². The highest BCUT2D eigenvalue weighted by atomic mass is 19.1. The predicted octanol–water partition coefficient (Wildman–Crippen LogP) is 2.68. The average molecular weight is 269 g/mol. The van der Waals surface area contributed by atoms with Crippen LogP contribution in [0.25, 0.3) is 0 Å². The number of benzene rings is 1. The van der Waals surface area contributed by atoms with Gasteiger partial charge >= 0.3 is 5.97 Å². The molecular formula is C14H20FNO3. The number of carboxylic acid groups (broad SMARTS) is 1. The first-order valence-electron chi connectivity index (χ1n) is 6.28. The van der Waals surface area contributed by atoms with E-state index in [4.69, 9.17) is 10.2 Å². The zero-order valence-electron chi connectivity index (χ0n) is 11.4. The maximum absolute atomic E-state index is 13.7. The van der Waals surface area contributed by atoms with Crippen LogP contribution in [0.15, 0.2) is 18.2 Å².